The Morgan fingerprint density at radius 2 is 1.64 bits per heavy atom. The highest BCUT2D eigenvalue weighted by Crippen LogP contribution is 2.22. The van der Waals surface area contributed by atoms with Crippen LogP contribution < -0.4 is 10.6 Å². The summed E-state index contributed by atoms with van der Waals surface area (Å²) in [4.78, 5) is 16.8. The summed E-state index contributed by atoms with van der Waals surface area (Å²) >= 11 is 0. The molecule has 0 bridgehead atoms. The number of hydrogen-bond donors (Lipinski definition) is 2. The maximum Gasteiger partial charge on any atom is 0.264 e. The van der Waals surface area contributed by atoms with Gasteiger partial charge in [0.05, 0.1) is 6.04 Å². The second-order valence-corrected chi connectivity index (χ2v) is 6.14. The van der Waals surface area contributed by atoms with Crippen LogP contribution in [0.15, 0.2) is 97.0 Å². The molecule has 0 atom stereocenters. The van der Waals surface area contributed by atoms with Crippen LogP contribution in [-0.2, 0) is 11.3 Å². The smallest absolute Gasteiger partial charge is 0.264 e. The van der Waals surface area contributed by atoms with Crippen molar-refractivity contribution in [3.05, 3.63) is 114 Å². The van der Waals surface area contributed by atoms with E-state index < -0.39 is 5.91 Å². The molecule has 1 aromatic heterocycles. The predicted molar refractivity (Wildman–Crippen MR) is 108 cm³/mol. The van der Waals surface area contributed by atoms with Gasteiger partial charge in [-0.25, -0.2) is 0 Å². The van der Waals surface area contributed by atoms with Gasteiger partial charge in [-0.3, -0.25) is 9.78 Å². The lowest BCUT2D eigenvalue weighted by atomic mass is 9.98. The molecule has 2 N–H and O–H groups in total. The number of amides is 1. The minimum atomic E-state index is -0.432. The van der Waals surface area contributed by atoms with Crippen molar-refractivity contribution in [2.24, 2.45) is 0 Å². The number of nitriles is 1. The lowest BCUT2D eigenvalue weighted by molar-refractivity contribution is -0.117. The van der Waals surface area contributed by atoms with E-state index in [0.29, 0.717) is 6.54 Å². The summed E-state index contributed by atoms with van der Waals surface area (Å²) < 4.78 is 0. The molecular formula is C23H20N4O. The number of hydrogen-bond acceptors (Lipinski definition) is 4. The second-order valence-electron chi connectivity index (χ2n) is 6.14. The van der Waals surface area contributed by atoms with E-state index in [1.54, 1.807) is 12.4 Å². The van der Waals surface area contributed by atoms with E-state index in [2.05, 4.69) is 15.6 Å². The van der Waals surface area contributed by atoms with Crippen LogP contribution in [0.1, 0.15) is 22.7 Å². The zero-order valence-electron chi connectivity index (χ0n) is 15.2. The molecule has 138 valence electrons. The molecule has 0 fully saturated rings. The van der Waals surface area contributed by atoms with Crippen LogP contribution in [0.25, 0.3) is 0 Å². The second kappa shape index (κ2) is 9.70. The maximum atomic E-state index is 12.7. The highest BCUT2D eigenvalue weighted by Gasteiger charge is 2.19. The van der Waals surface area contributed by atoms with Crippen molar-refractivity contribution in [2.75, 3.05) is 0 Å². The van der Waals surface area contributed by atoms with Crippen molar-refractivity contribution in [3.63, 3.8) is 0 Å². The fraction of sp³-hybridized carbons (Fsp3) is 0.0870. The summed E-state index contributed by atoms with van der Waals surface area (Å²) in [5.74, 6) is -0.432. The first-order chi connectivity index (χ1) is 13.8. The highest BCUT2D eigenvalue weighted by molar-refractivity contribution is 5.97. The molecule has 0 spiro atoms. The van der Waals surface area contributed by atoms with Crippen LogP contribution in [0.2, 0.25) is 0 Å². The van der Waals surface area contributed by atoms with Gasteiger partial charge in [-0.2, -0.15) is 5.26 Å². The van der Waals surface area contributed by atoms with Crippen LogP contribution in [-0.4, -0.2) is 10.9 Å². The van der Waals surface area contributed by atoms with Gasteiger partial charge in [0.15, 0.2) is 0 Å². The topological polar surface area (TPSA) is 77.8 Å². The molecule has 1 heterocycles. The Balaban J connectivity index is 1.75. The first-order valence-electron chi connectivity index (χ1n) is 8.91. The van der Waals surface area contributed by atoms with Gasteiger partial charge >= 0.3 is 0 Å². The number of rotatable bonds is 7. The average molecular weight is 368 g/mol. The molecule has 0 radical (unpaired) electrons. The third kappa shape index (κ3) is 5.05. The standard InChI is InChI=1S/C23H20N4O/c24-14-21(17-26-16-18-8-7-13-25-15-18)23(28)27-22(19-9-3-1-4-10-19)20-11-5-2-6-12-20/h1-13,15,17,22,26H,16H2,(H,27,28)/b21-17-. The van der Waals surface area contributed by atoms with Crippen LogP contribution >= 0.6 is 0 Å². The van der Waals surface area contributed by atoms with Gasteiger partial charge < -0.3 is 10.6 Å². The van der Waals surface area contributed by atoms with Crippen molar-refractivity contribution in [2.45, 2.75) is 12.6 Å². The fourth-order valence-corrected chi connectivity index (χ4v) is 2.78. The maximum absolute atomic E-state index is 12.7. The fourth-order valence-electron chi connectivity index (χ4n) is 2.78. The summed E-state index contributed by atoms with van der Waals surface area (Å²) in [6, 6.07) is 24.7. The van der Waals surface area contributed by atoms with Gasteiger partial charge in [-0.1, -0.05) is 66.7 Å². The van der Waals surface area contributed by atoms with Crippen LogP contribution in [0, 0.1) is 11.3 Å². The minimum absolute atomic E-state index is 0.0146. The number of nitrogens with one attached hydrogen (secondary N) is 2. The Labute approximate surface area is 164 Å². The molecule has 0 unspecified atom stereocenters. The minimum Gasteiger partial charge on any atom is -0.386 e. The molecule has 1 amide bonds. The Bertz CT molecular complexity index is 924. The van der Waals surface area contributed by atoms with Gasteiger partial charge in [-0.05, 0) is 22.8 Å². The Morgan fingerprint density at radius 3 is 2.18 bits per heavy atom. The molecule has 2 aromatic carbocycles. The lowest BCUT2D eigenvalue weighted by Gasteiger charge is -2.19. The summed E-state index contributed by atoms with van der Waals surface area (Å²) in [6.45, 7) is 0.479. The van der Waals surface area contributed by atoms with Crippen molar-refractivity contribution < 1.29 is 4.79 Å². The van der Waals surface area contributed by atoms with Gasteiger partial charge in [-0.15, -0.1) is 0 Å². The van der Waals surface area contributed by atoms with E-state index in [4.69, 9.17) is 0 Å². The van der Waals surface area contributed by atoms with Gasteiger partial charge in [0, 0.05) is 25.1 Å². The van der Waals surface area contributed by atoms with Crippen molar-refractivity contribution >= 4 is 5.91 Å². The molecule has 0 saturated heterocycles. The van der Waals surface area contributed by atoms with Gasteiger partial charge in [0.2, 0.25) is 0 Å². The van der Waals surface area contributed by atoms with E-state index in [1.807, 2.05) is 78.9 Å². The van der Waals surface area contributed by atoms with Crippen molar-refractivity contribution in [1.29, 1.82) is 5.26 Å². The monoisotopic (exact) mass is 368 g/mol. The number of benzene rings is 2. The first-order valence-corrected chi connectivity index (χ1v) is 8.91. The van der Waals surface area contributed by atoms with Gasteiger partial charge in [0.1, 0.15) is 11.6 Å². The van der Waals surface area contributed by atoms with Crippen molar-refractivity contribution in [3.8, 4) is 6.07 Å². The molecule has 0 aliphatic heterocycles. The summed E-state index contributed by atoms with van der Waals surface area (Å²) in [6.07, 6.45) is 4.87. The zero-order valence-corrected chi connectivity index (χ0v) is 15.2. The normalized spacial score (nSPS) is 10.9. The van der Waals surface area contributed by atoms with E-state index >= 15 is 0 Å². The van der Waals surface area contributed by atoms with Gasteiger partial charge in [0.25, 0.3) is 5.91 Å². The summed E-state index contributed by atoms with van der Waals surface area (Å²) in [5, 5.41) is 15.4. The molecule has 0 saturated carbocycles. The molecule has 3 aromatic rings. The third-order valence-corrected chi connectivity index (χ3v) is 4.18. The van der Waals surface area contributed by atoms with Crippen LogP contribution in [0.3, 0.4) is 0 Å². The number of nitrogens with zero attached hydrogens (tertiary/aromatic N) is 2. The molecule has 5 heteroatoms. The molecule has 3 rings (SSSR count). The van der Waals surface area contributed by atoms with E-state index in [1.165, 1.54) is 6.20 Å². The Morgan fingerprint density at radius 1 is 1.00 bits per heavy atom. The lowest BCUT2D eigenvalue weighted by Crippen LogP contribution is -2.30. The zero-order chi connectivity index (χ0) is 19.6. The SMILES string of the molecule is N#C/C(=C/NCc1cccnc1)C(=O)NC(c1ccccc1)c1ccccc1. The number of aromatic nitrogens is 1. The highest BCUT2D eigenvalue weighted by atomic mass is 16.1. The molecular weight excluding hydrogens is 348 g/mol. The van der Waals surface area contributed by atoms with Crippen LogP contribution in [0.4, 0.5) is 0 Å². The molecule has 0 aliphatic rings. The van der Waals surface area contributed by atoms with E-state index in [9.17, 15) is 10.1 Å². The number of pyridine rings is 1. The Kier molecular flexibility index (Phi) is 6.53. The largest absolute Gasteiger partial charge is 0.386 e. The first kappa shape index (κ1) is 18.9. The van der Waals surface area contributed by atoms with Crippen molar-refractivity contribution in [1.82, 2.24) is 15.6 Å². The van der Waals surface area contributed by atoms with E-state index in [-0.39, 0.29) is 11.6 Å². The van der Waals surface area contributed by atoms with Crippen LogP contribution in [0.5, 0.6) is 0 Å². The number of carbonyl (C=O) groups is 1. The average Bonchev–Trinajstić information content (AvgIpc) is 2.77. The van der Waals surface area contributed by atoms with E-state index in [0.717, 1.165) is 16.7 Å². The number of carbonyl (C=O) groups excluding carboxylic acids is 1. The molecule has 0 aliphatic carbocycles. The molecule has 5 nitrogen and oxygen atoms in total. The molecule has 28 heavy (non-hydrogen) atoms. The summed E-state index contributed by atoms with van der Waals surface area (Å²) in [7, 11) is 0. The quantitative estimate of drug-likeness (QED) is 0.494. The summed E-state index contributed by atoms with van der Waals surface area (Å²) in [5.41, 5.74) is 2.87. The predicted octanol–water partition coefficient (Wildman–Crippen LogP) is 3.48. The third-order valence-electron chi connectivity index (χ3n) is 4.18. The Hall–Kier alpha value is -3.91.